The maximum absolute atomic E-state index is 5.75. The molecule has 0 aromatic heterocycles. The summed E-state index contributed by atoms with van der Waals surface area (Å²) < 4.78 is 16.0. The Bertz CT molecular complexity index is 166. The van der Waals surface area contributed by atoms with Gasteiger partial charge in [0.05, 0.1) is 32.5 Å². The number of hydrogen-bond acceptors (Lipinski definition) is 4. The van der Waals surface area contributed by atoms with Crippen molar-refractivity contribution in [2.75, 3.05) is 53.2 Å². The number of nitrogens with zero attached hydrogens (tertiary/aromatic N) is 1. The van der Waals surface area contributed by atoms with Crippen molar-refractivity contribution in [1.82, 2.24) is 4.90 Å². The van der Waals surface area contributed by atoms with Crippen molar-refractivity contribution in [3.63, 3.8) is 0 Å². The van der Waals surface area contributed by atoms with Crippen LogP contribution in [-0.4, -0.2) is 64.2 Å². The van der Waals surface area contributed by atoms with Crippen molar-refractivity contribution in [3.05, 3.63) is 0 Å². The van der Waals surface area contributed by atoms with Crippen LogP contribution in [0.5, 0.6) is 0 Å². The van der Waals surface area contributed by atoms with E-state index in [9.17, 15) is 0 Å². The molecule has 0 saturated carbocycles. The average molecular weight is 231 g/mol. The molecule has 0 aromatic rings. The zero-order valence-corrected chi connectivity index (χ0v) is 10.6. The molecule has 0 aliphatic carbocycles. The van der Waals surface area contributed by atoms with Gasteiger partial charge in [0.1, 0.15) is 0 Å². The van der Waals surface area contributed by atoms with E-state index in [1.807, 2.05) is 0 Å². The van der Waals surface area contributed by atoms with E-state index in [4.69, 9.17) is 14.2 Å². The van der Waals surface area contributed by atoms with Gasteiger partial charge in [-0.15, -0.1) is 0 Å². The normalized spacial score (nSPS) is 21.8. The summed E-state index contributed by atoms with van der Waals surface area (Å²) in [6.45, 7) is 8.39. The monoisotopic (exact) mass is 231 g/mol. The zero-order valence-electron chi connectivity index (χ0n) is 10.6. The molecule has 0 spiro atoms. The van der Waals surface area contributed by atoms with Crippen molar-refractivity contribution in [2.24, 2.45) is 0 Å². The molecule has 0 radical (unpaired) electrons. The second-order valence-electron chi connectivity index (χ2n) is 4.19. The molecule has 96 valence electrons. The predicted octanol–water partition coefficient (Wildman–Crippen LogP) is 1.15. The standard InChI is InChI=1S/C12H25NO3/c1-3-5-13-6-4-12(11-13)16-10-9-15-8-7-14-2/h12H,3-11H2,1-2H3/t12-/m1/s1. The number of likely N-dealkylation sites (tertiary alicyclic amines) is 1. The van der Waals surface area contributed by atoms with Gasteiger partial charge in [-0.05, 0) is 19.4 Å². The van der Waals surface area contributed by atoms with Crippen LogP contribution in [0.3, 0.4) is 0 Å². The smallest absolute Gasteiger partial charge is 0.0715 e. The van der Waals surface area contributed by atoms with Crippen LogP contribution >= 0.6 is 0 Å². The van der Waals surface area contributed by atoms with E-state index in [-0.39, 0.29) is 0 Å². The van der Waals surface area contributed by atoms with Crippen LogP contribution in [0.4, 0.5) is 0 Å². The average Bonchev–Trinajstić information content (AvgIpc) is 2.72. The van der Waals surface area contributed by atoms with Gasteiger partial charge in [0, 0.05) is 20.2 Å². The van der Waals surface area contributed by atoms with Crippen molar-refractivity contribution in [3.8, 4) is 0 Å². The van der Waals surface area contributed by atoms with Crippen LogP contribution in [0.25, 0.3) is 0 Å². The van der Waals surface area contributed by atoms with Gasteiger partial charge >= 0.3 is 0 Å². The largest absolute Gasteiger partial charge is 0.382 e. The molecule has 1 aliphatic heterocycles. The van der Waals surface area contributed by atoms with Crippen LogP contribution in [0.2, 0.25) is 0 Å². The first-order valence-electron chi connectivity index (χ1n) is 6.27. The molecule has 1 aliphatic rings. The highest BCUT2D eigenvalue weighted by molar-refractivity contribution is 4.75. The first-order chi connectivity index (χ1) is 7.86. The van der Waals surface area contributed by atoms with E-state index in [0.717, 1.165) is 13.0 Å². The highest BCUT2D eigenvalue weighted by Crippen LogP contribution is 2.12. The van der Waals surface area contributed by atoms with Crippen LogP contribution in [-0.2, 0) is 14.2 Å². The Balaban J connectivity index is 1.90. The van der Waals surface area contributed by atoms with Crippen molar-refractivity contribution in [1.29, 1.82) is 0 Å². The highest BCUT2D eigenvalue weighted by atomic mass is 16.5. The van der Waals surface area contributed by atoms with Crippen LogP contribution < -0.4 is 0 Å². The van der Waals surface area contributed by atoms with Gasteiger partial charge in [0.25, 0.3) is 0 Å². The lowest BCUT2D eigenvalue weighted by Gasteiger charge is -2.15. The molecule has 0 N–H and O–H groups in total. The van der Waals surface area contributed by atoms with Gasteiger partial charge in [-0.2, -0.15) is 0 Å². The Morgan fingerprint density at radius 2 is 2.00 bits per heavy atom. The maximum atomic E-state index is 5.75. The molecule has 16 heavy (non-hydrogen) atoms. The maximum Gasteiger partial charge on any atom is 0.0715 e. The Kier molecular flexibility index (Phi) is 7.76. The van der Waals surface area contributed by atoms with Crippen molar-refractivity contribution in [2.45, 2.75) is 25.9 Å². The summed E-state index contributed by atoms with van der Waals surface area (Å²) in [6, 6.07) is 0. The molecule has 0 amide bonds. The Labute approximate surface area is 98.8 Å². The van der Waals surface area contributed by atoms with Crippen molar-refractivity contribution < 1.29 is 14.2 Å². The summed E-state index contributed by atoms with van der Waals surface area (Å²) in [7, 11) is 1.68. The lowest BCUT2D eigenvalue weighted by Crippen LogP contribution is -2.24. The first kappa shape index (κ1) is 13.9. The van der Waals surface area contributed by atoms with Gasteiger partial charge in [0.15, 0.2) is 0 Å². The van der Waals surface area contributed by atoms with E-state index in [1.54, 1.807) is 7.11 Å². The summed E-state index contributed by atoms with van der Waals surface area (Å²) >= 11 is 0. The lowest BCUT2D eigenvalue weighted by atomic mass is 10.3. The molecule has 1 rings (SSSR count). The summed E-state index contributed by atoms with van der Waals surface area (Å²) in [5.74, 6) is 0. The minimum atomic E-state index is 0.414. The molecule has 4 nitrogen and oxygen atoms in total. The predicted molar refractivity (Wildman–Crippen MR) is 63.8 cm³/mol. The van der Waals surface area contributed by atoms with E-state index >= 15 is 0 Å². The highest BCUT2D eigenvalue weighted by Gasteiger charge is 2.21. The first-order valence-corrected chi connectivity index (χ1v) is 6.27. The molecule has 0 aromatic carbocycles. The summed E-state index contributed by atoms with van der Waals surface area (Å²) in [6.07, 6.45) is 2.81. The second-order valence-corrected chi connectivity index (χ2v) is 4.19. The van der Waals surface area contributed by atoms with Gasteiger partial charge in [-0.3, -0.25) is 0 Å². The molecule has 1 saturated heterocycles. The fourth-order valence-corrected chi connectivity index (χ4v) is 1.97. The Morgan fingerprint density at radius 3 is 2.75 bits per heavy atom. The third-order valence-electron chi connectivity index (χ3n) is 2.78. The van der Waals surface area contributed by atoms with Crippen LogP contribution in [0, 0.1) is 0 Å². The minimum Gasteiger partial charge on any atom is -0.382 e. The minimum absolute atomic E-state index is 0.414. The second kappa shape index (κ2) is 8.93. The van der Waals surface area contributed by atoms with Crippen LogP contribution in [0.15, 0.2) is 0 Å². The molecule has 0 unspecified atom stereocenters. The number of ether oxygens (including phenoxy) is 3. The van der Waals surface area contributed by atoms with Crippen LogP contribution in [0.1, 0.15) is 19.8 Å². The van der Waals surface area contributed by atoms with Gasteiger partial charge in [-0.1, -0.05) is 6.92 Å². The Hall–Kier alpha value is -0.160. The van der Waals surface area contributed by atoms with Crippen molar-refractivity contribution >= 4 is 0 Å². The fraction of sp³-hybridized carbons (Fsp3) is 1.00. The molecular formula is C12H25NO3. The summed E-state index contributed by atoms with van der Waals surface area (Å²) in [5, 5.41) is 0. The van der Waals surface area contributed by atoms with Gasteiger partial charge < -0.3 is 19.1 Å². The molecule has 1 fully saturated rings. The van der Waals surface area contributed by atoms with E-state index < -0.39 is 0 Å². The van der Waals surface area contributed by atoms with E-state index in [1.165, 1.54) is 19.5 Å². The number of rotatable bonds is 9. The van der Waals surface area contributed by atoms with E-state index in [0.29, 0.717) is 32.5 Å². The molecular weight excluding hydrogens is 206 g/mol. The fourth-order valence-electron chi connectivity index (χ4n) is 1.97. The molecule has 4 heteroatoms. The Morgan fingerprint density at radius 1 is 1.19 bits per heavy atom. The SMILES string of the molecule is CCCN1CC[C@@H](OCCOCCOC)C1. The summed E-state index contributed by atoms with van der Waals surface area (Å²) in [4.78, 5) is 2.47. The third-order valence-corrected chi connectivity index (χ3v) is 2.78. The van der Waals surface area contributed by atoms with Gasteiger partial charge in [0.2, 0.25) is 0 Å². The lowest BCUT2D eigenvalue weighted by molar-refractivity contribution is -0.00277. The number of hydrogen-bond donors (Lipinski definition) is 0. The molecule has 1 heterocycles. The zero-order chi connectivity index (χ0) is 11.6. The quantitative estimate of drug-likeness (QED) is 0.557. The summed E-state index contributed by atoms with van der Waals surface area (Å²) in [5.41, 5.74) is 0. The number of methoxy groups -OCH3 is 1. The topological polar surface area (TPSA) is 30.9 Å². The third kappa shape index (κ3) is 5.80. The van der Waals surface area contributed by atoms with E-state index in [2.05, 4.69) is 11.8 Å². The molecule has 0 bridgehead atoms. The molecule has 1 atom stereocenters. The van der Waals surface area contributed by atoms with Gasteiger partial charge in [-0.25, -0.2) is 0 Å².